The summed E-state index contributed by atoms with van der Waals surface area (Å²) in [6.45, 7) is 6.18. The lowest BCUT2D eigenvalue weighted by molar-refractivity contribution is 0.321. The van der Waals surface area contributed by atoms with Gasteiger partial charge in [0.1, 0.15) is 12.0 Å². The lowest BCUT2D eigenvalue weighted by Gasteiger charge is -2.19. The molecule has 0 fully saturated rings. The summed E-state index contributed by atoms with van der Waals surface area (Å²) < 4.78 is 12.5. The first-order valence-corrected chi connectivity index (χ1v) is 8.46. The minimum absolute atomic E-state index is 0.163. The van der Waals surface area contributed by atoms with Crippen LogP contribution in [-0.4, -0.2) is 32.3 Å². The summed E-state index contributed by atoms with van der Waals surface area (Å²) in [5.74, 6) is 2.02. The van der Waals surface area contributed by atoms with Crippen LogP contribution in [0.3, 0.4) is 0 Å². The SMILES string of the molecule is COc1ccc(-c2nc(CSc3nnnn3C(C)(C)C)co2)cc1. The van der Waals surface area contributed by atoms with Crippen LogP contribution in [0.25, 0.3) is 11.5 Å². The van der Waals surface area contributed by atoms with Crippen LogP contribution >= 0.6 is 11.8 Å². The highest BCUT2D eigenvalue weighted by Crippen LogP contribution is 2.26. The Morgan fingerprint density at radius 3 is 2.62 bits per heavy atom. The molecule has 0 saturated heterocycles. The molecule has 0 radical (unpaired) electrons. The highest BCUT2D eigenvalue weighted by molar-refractivity contribution is 7.98. The Labute approximate surface area is 144 Å². The molecule has 0 saturated carbocycles. The molecule has 3 aromatic rings. The van der Waals surface area contributed by atoms with Gasteiger partial charge in [-0.05, 0) is 55.5 Å². The van der Waals surface area contributed by atoms with Crippen molar-refractivity contribution in [2.75, 3.05) is 7.11 Å². The third-order valence-electron chi connectivity index (χ3n) is 3.31. The topological polar surface area (TPSA) is 78.9 Å². The lowest BCUT2D eigenvalue weighted by atomic mass is 10.1. The Balaban J connectivity index is 1.69. The van der Waals surface area contributed by atoms with Gasteiger partial charge in [-0.25, -0.2) is 9.67 Å². The summed E-state index contributed by atoms with van der Waals surface area (Å²) in [5.41, 5.74) is 1.59. The predicted octanol–water partition coefficient (Wildman–Crippen LogP) is 3.38. The summed E-state index contributed by atoms with van der Waals surface area (Å²) in [6.07, 6.45) is 1.66. The van der Waals surface area contributed by atoms with Gasteiger partial charge in [0.15, 0.2) is 0 Å². The van der Waals surface area contributed by atoms with Crippen molar-refractivity contribution in [1.82, 2.24) is 25.2 Å². The molecular weight excluding hydrogens is 326 g/mol. The van der Waals surface area contributed by atoms with Crippen LogP contribution in [0.5, 0.6) is 5.75 Å². The second kappa shape index (κ2) is 6.64. The van der Waals surface area contributed by atoms with Crippen molar-refractivity contribution in [1.29, 1.82) is 0 Å². The number of ether oxygens (including phenoxy) is 1. The molecule has 0 atom stereocenters. The smallest absolute Gasteiger partial charge is 0.226 e. The van der Waals surface area contributed by atoms with Gasteiger partial charge in [0.2, 0.25) is 11.0 Å². The maximum Gasteiger partial charge on any atom is 0.226 e. The minimum atomic E-state index is -0.163. The van der Waals surface area contributed by atoms with Crippen molar-refractivity contribution in [2.45, 2.75) is 37.2 Å². The second-order valence-corrected chi connectivity index (χ2v) is 7.15. The first kappa shape index (κ1) is 16.5. The van der Waals surface area contributed by atoms with E-state index in [1.807, 2.05) is 28.9 Å². The second-order valence-electron chi connectivity index (χ2n) is 6.21. The fraction of sp³-hybridized carbons (Fsp3) is 0.375. The fourth-order valence-corrected chi connectivity index (χ4v) is 3.00. The van der Waals surface area contributed by atoms with E-state index in [-0.39, 0.29) is 5.54 Å². The quantitative estimate of drug-likeness (QED) is 0.656. The van der Waals surface area contributed by atoms with Gasteiger partial charge in [-0.3, -0.25) is 0 Å². The van der Waals surface area contributed by atoms with Crippen LogP contribution in [0.15, 0.2) is 40.1 Å². The zero-order valence-corrected chi connectivity index (χ0v) is 14.9. The number of tetrazole rings is 1. The number of rotatable bonds is 5. The zero-order valence-electron chi connectivity index (χ0n) is 14.1. The summed E-state index contributed by atoms with van der Waals surface area (Å²) in [4.78, 5) is 4.52. The van der Waals surface area contributed by atoms with E-state index < -0.39 is 0 Å². The predicted molar refractivity (Wildman–Crippen MR) is 90.9 cm³/mol. The lowest BCUT2D eigenvalue weighted by Crippen LogP contribution is -2.24. The average molecular weight is 345 g/mol. The molecule has 24 heavy (non-hydrogen) atoms. The summed E-state index contributed by atoms with van der Waals surface area (Å²) in [5, 5.41) is 12.6. The van der Waals surface area contributed by atoms with Crippen molar-refractivity contribution in [2.24, 2.45) is 0 Å². The molecule has 0 aliphatic heterocycles. The maximum absolute atomic E-state index is 5.57. The first-order valence-electron chi connectivity index (χ1n) is 7.48. The van der Waals surface area contributed by atoms with Crippen LogP contribution < -0.4 is 4.74 Å². The standard InChI is InChI=1S/C16H19N5O2S/c1-16(2,3)21-15(18-19-20-21)24-10-12-9-23-14(17-12)11-5-7-13(22-4)8-6-11/h5-9H,10H2,1-4H3. The number of methoxy groups -OCH3 is 1. The van der Waals surface area contributed by atoms with Crippen LogP contribution in [0, 0.1) is 0 Å². The Hall–Kier alpha value is -2.35. The first-order chi connectivity index (χ1) is 11.5. The molecule has 0 spiro atoms. The largest absolute Gasteiger partial charge is 0.497 e. The van der Waals surface area contributed by atoms with Gasteiger partial charge in [0.25, 0.3) is 0 Å². The van der Waals surface area contributed by atoms with Crippen LogP contribution in [0.4, 0.5) is 0 Å². The molecular formula is C16H19N5O2S. The Kier molecular flexibility index (Phi) is 4.57. The molecule has 0 amide bonds. The number of hydrogen-bond acceptors (Lipinski definition) is 7. The molecule has 8 heteroatoms. The number of benzene rings is 1. The Morgan fingerprint density at radius 1 is 1.21 bits per heavy atom. The molecule has 126 valence electrons. The molecule has 0 bridgehead atoms. The molecule has 7 nitrogen and oxygen atoms in total. The van der Waals surface area contributed by atoms with Gasteiger partial charge >= 0.3 is 0 Å². The zero-order chi connectivity index (χ0) is 17.2. The fourth-order valence-electron chi connectivity index (χ4n) is 2.07. The van der Waals surface area contributed by atoms with Crippen LogP contribution in [0.2, 0.25) is 0 Å². The van der Waals surface area contributed by atoms with E-state index in [0.29, 0.717) is 11.6 Å². The maximum atomic E-state index is 5.57. The van der Waals surface area contributed by atoms with Crippen molar-refractivity contribution in [3.63, 3.8) is 0 Å². The highest BCUT2D eigenvalue weighted by Gasteiger charge is 2.20. The molecule has 0 unspecified atom stereocenters. The average Bonchev–Trinajstić information content (AvgIpc) is 3.21. The van der Waals surface area contributed by atoms with Crippen LogP contribution in [-0.2, 0) is 11.3 Å². The molecule has 2 heterocycles. The van der Waals surface area contributed by atoms with Crippen molar-refractivity contribution in [3.05, 3.63) is 36.2 Å². The normalized spacial score (nSPS) is 11.7. The number of hydrogen-bond donors (Lipinski definition) is 0. The van der Waals surface area contributed by atoms with Gasteiger partial charge in [-0.2, -0.15) is 0 Å². The van der Waals surface area contributed by atoms with Crippen molar-refractivity contribution in [3.8, 4) is 17.2 Å². The molecule has 1 aromatic carbocycles. The van der Waals surface area contributed by atoms with Gasteiger partial charge in [-0.1, -0.05) is 11.8 Å². The summed E-state index contributed by atoms with van der Waals surface area (Å²) in [6, 6.07) is 7.60. The van der Waals surface area contributed by atoms with E-state index in [2.05, 4.69) is 41.3 Å². The number of thioether (sulfide) groups is 1. The molecule has 0 N–H and O–H groups in total. The Bertz CT molecular complexity index is 804. The van der Waals surface area contributed by atoms with E-state index in [4.69, 9.17) is 9.15 Å². The van der Waals surface area contributed by atoms with Gasteiger partial charge < -0.3 is 9.15 Å². The number of oxazole rings is 1. The van der Waals surface area contributed by atoms with E-state index in [1.54, 1.807) is 13.4 Å². The van der Waals surface area contributed by atoms with Gasteiger partial charge in [0, 0.05) is 11.3 Å². The third-order valence-corrected chi connectivity index (χ3v) is 4.27. The van der Waals surface area contributed by atoms with Gasteiger partial charge in [0.05, 0.1) is 18.3 Å². The number of aromatic nitrogens is 5. The summed E-state index contributed by atoms with van der Waals surface area (Å²) >= 11 is 1.53. The molecule has 3 rings (SSSR count). The summed E-state index contributed by atoms with van der Waals surface area (Å²) in [7, 11) is 1.64. The molecule has 2 aromatic heterocycles. The number of nitrogens with zero attached hydrogens (tertiary/aromatic N) is 5. The van der Waals surface area contributed by atoms with E-state index in [1.165, 1.54) is 11.8 Å². The Morgan fingerprint density at radius 2 is 1.96 bits per heavy atom. The monoisotopic (exact) mass is 345 g/mol. The van der Waals surface area contributed by atoms with Crippen molar-refractivity contribution < 1.29 is 9.15 Å². The van der Waals surface area contributed by atoms with Crippen LogP contribution in [0.1, 0.15) is 26.5 Å². The van der Waals surface area contributed by atoms with E-state index in [0.717, 1.165) is 22.2 Å². The van der Waals surface area contributed by atoms with Gasteiger partial charge in [-0.15, -0.1) is 5.10 Å². The third kappa shape index (κ3) is 3.59. The van der Waals surface area contributed by atoms with E-state index >= 15 is 0 Å². The minimum Gasteiger partial charge on any atom is -0.497 e. The molecule has 0 aliphatic rings. The molecule has 0 aliphatic carbocycles. The van der Waals surface area contributed by atoms with Crippen molar-refractivity contribution >= 4 is 11.8 Å². The van der Waals surface area contributed by atoms with E-state index in [9.17, 15) is 0 Å². The highest BCUT2D eigenvalue weighted by atomic mass is 32.2.